The lowest BCUT2D eigenvalue weighted by Crippen LogP contribution is -2.08. The zero-order valence-corrected chi connectivity index (χ0v) is 8.69. The van der Waals surface area contributed by atoms with E-state index in [1.807, 2.05) is 0 Å². The number of alkyl halides is 1. The minimum Gasteiger partial charge on any atom is -0.126 e. The van der Waals surface area contributed by atoms with Crippen LogP contribution in [0.3, 0.4) is 0 Å². The SMILES string of the molecule is CCCC(CCl)CC1CC=CC1. The zero-order chi connectivity index (χ0) is 8.81. The van der Waals surface area contributed by atoms with Gasteiger partial charge in [-0.05, 0) is 37.5 Å². The highest BCUT2D eigenvalue weighted by Gasteiger charge is 2.15. The maximum Gasteiger partial charge on any atom is 0.0251 e. The van der Waals surface area contributed by atoms with Crippen LogP contribution in [0.15, 0.2) is 12.2 Å². The number of halogens is 1. The molecule has 1 unspecified atom stereocenters. The summed E-state index contributed by atoms with van der Waals surface area (Å²) in [7, 11) is 0. The quantitative estimate of drug-likeness (QED) is 0.450. The minimum absolute atomic E-state index is 0.765. The van der Waals surface area contributed by atoms with Crippen LogP contribution in [0.1, 0.15) is 39.0 Å². The molecule has 1 rings (SSSR count). The number of rotatable bonds is 5. The summed E-state index contributed by atoms with van der Waals surface area (Å²) in [6.45, 7) is 2.24. The van der Waals surface area contributed by atoms with Gasteiger partial charge in [0.2, 0.25) is 0 Å². The normalized spacial score (nSPS) is 20.2. The highest BCUT2D eigenvalue weighted by molar-refractivity contribution is 6.18. The molecule has 1 heteroatoms. The van der Waals surface area contributed by atoms with Gasteiger partial charge in [0.05, 0.1) is 0 Å². The predicted octanol–water partition coefficient (Wildman–Crippen LogP) is 4.00. The topological polar surface area (TPSA) is 0 Å². The standard InChI is InChI=1S/C11H19Cl/c1-2-5-11(9-12)8-10-6-3-4-7-10/h3-4,10-11H,2,5-9H2,1H3. The van der Waals surface area contributed by atoms with E-state index < -0.39 is 0 Å². The minimum atomic E-state index is 0.765. The molecule has 0 fully saturated rings. The van der Waals surface area contributed by atoms with Crippen molar-refractivity contribution in [2.45, 2.75) is 39.0 Å². The molecule has 0 N–H and O–H groups in total. The van der Waals surface area contributed by atoms with Crippen molar-refractivity contribution in [3.05, 3.63) is 12.2 Å². The maximum absolute atomic E-state index is 5.90. The Morgan fingerprint density at radius 2 is 2.08 bits per heavy atom. The Labute approximate surface area is 81.0 Å². The van der Waals surface area contributed by atoms with Crippen LogP contribution in [0, 0.1) is 11.8 Å². The molecule has 12 heavy (non-hydrogen) atoms. The molecule has 0 spiro atoms. The van der Waals surface area contributed by atoms with Crippen LogP contribution >= 0.6 is 11.6 Å². The van der Waals surface area contributed by atoms with Gasteiger partial charge in [-0.25, -0.2) is 0 Å². The van der Waals surface area contributed by atoms with Gasteiger partial charge < -0.3 is 0 Å². The predicted molar refractivity (Wildman–Crippen MR) is 55.6 cm³/mol. The molecule has 0 nitrogen and oxygen atoms in total. The first kappa shape index (κ1) is 10.1. The summed E-state index contributed by atoms with van der Waals surface area (Å²) in [5.41, 5.74) is 0. The number of hydrogen-bond acceptors (Lipinski definition) is 0. The maximum atomic E-state index is 5.90. The van der Waals surface area contributed by atoms with E-state index in [9.17, 15) is 0 Å². The number of hydrogen-bond donors (Lipinski definition) is 0. The van der Waals surface area contributed by atoms with Crippen LogP contribution in [0.5, 0.6) is 0 Å². The summed E-state index contributed by atoms with van der Waals surface area (Å²) in [5.74, 6) is 2.52. The lowest BCUT2D eigenvalue weighted by molar-refractivity contribution is 0.388. The van der Waals surface area contributed by atoms with Crippen molar-refractivity contribution in [3.63, 3.8) is 0 Å². The fourth-order valence-corrected chi connectivity index (χ4v) is 2.28. The molecule has 0 radical (unpaired) electrons. The summed E-state index contributed by atoms with van der Waals surface area (Å²) in [6.07, 6.45) is 11.1. The molecule has 0 saturated heterocycles. The first-order valence-electron chi connectivity index (χ1n) is 5.07. The third-order valence-corrected chi connectivity index (χ3v) is 3.12. The molecule has 0 aromatic rings. The Bertz CT molecular complexity index is 132. The molecule has 0 amide bonds. The molecule has 0 aliphatic heterocycles. The molecule has 70 valence electrons. The van der Waals surface area contributed by atoms with Crippen molar-refractivity contribution in [3.8, 4) is 0 Å². The third kappa shape index (κ3) is 3.18. The highest BCUT2D eigenvalue weighted by atomic mass is 35.5. The average Bonchev–Trinajstić information content (AvgIpc) is 2.56. The van der Waals surface area contributed by atoms with E-state index in [4.69, 9.17) is 11.6 Å². The summed E-state index contributed by atoms with van der Waals surface area (Å²) in [5, 5.41) is 0. The third-order valence-electron chi connectivity index (χ3n) is 2.69. The van der Waals surface area contributed by atoms with E-state index in [0.717, 1.165) is 17.7 Å². The fraction of sp³-hybridized carbons (Fsp3) is 0.818. The van der Waals surface area contributed by atoms with Crippen molar-refractivity contribution >= 4 is 11.6 Å². The molecular formula is C11H19Cl. The van der Waals surface area contributed by atoms with Gasteiger partial charge in [-0.2, -0.15) is 0 Å². The first-order valence-corrected chi connectivity index (χ1v) is 5.61. The van der Waals surface area contributed by atoms with Crippen LogP contribution in [-0.4, -0.2) is 5.88 Å². The van der Waals surface area contributed by atoms with E-state index in [1.165, 1.54) is 32.1 Å². The van der Waals surface area contributed by atoms with Crippen molar-refractivity contribution in [1.82, 2.24) is 0 Å². The van der Waals surface area contributed by atoms with Crippen LogP contribution in [0.2, 0.25) is 0 Å². The first-order chi connectivity index (χ1) is 5.86. The number of allylic oxidation sites excluding steroid dienone is 2. The van der Waals surface area contributed by atoms with Gasteiger partial charge >= 0.3 is 0 Å². The fourth-order valence-electron chi connectivity index (χ4n) is 2.00. The summed E-state index contributed by atoms with van der Waals surface area (Å²) in [6, 6.07) is 0. The molecular weight excluding hydrogens is 168 g/mol. The molecule has 0 aromatic carbocycles. The Kier molecular flexibility index (Phi) is 4.75. The van der Waals surface area contributed by atoms with Gasteiger partial charge in [0.25, 0.3) is 0 Å². The van der Waals surface area contributed by atoms with Crippen molar-refractivity contribution < 1.29 is 0 Å². The van der Waals surface area contributed by atoms with Crippen LogP contribution < -0.4 is 0 Å². The van der Waals surface area contributed by atoms with E-state index in [0.29, 0.717) is 0 Å². The van der Waals surface area contributed by atoms with Crippen molar-refractivity contribution in [2.75, 3.05) is 5.88 Å². The smallest absolute Gasteiger partial charge is 0.0251 e. The average molecular weight is 187 g/mol. The summed E-state index contributed by atoms with van der Waals surface area (Å²) >= 11 is 5.90. The molecule has 0 heterocycles. The molecule has 1 aliphatic rings. The van der Waals surface area contributed by atoms with E-state index in [-0.39, 0.29) is 0 Å². The van der Waals surface area contributed by atoms with Crippen molar-refractivity contribution in [2.24, 2.45) is 11.8 Å². The van der Waals surface area contributed by atoms with Gasteiger partial charge in [0.1, 0.15) is 0 Å². The van der Waals surface area contributed by atoms with E-state index >= 15 is 0 Å². The lowest BCUT2D eigenvalue weighted by Gasteiger charge is -2.17. The van der Waals surface area contributed by atoms with Gasteiger partial charge in [0, 0.05) is 5.88 Å². The molecule has 1 atom stereocenters. The van der Waals surface area contributed by atoms with Crippen molar-refractivity contribution in [1.29, 1.82) is 0 Å². The van der Waals surface area contributed by atoms with Crippen LogP contribution in [0.25, 0.3) is 0 Å². The second-order valence-corrected chi connectivity index (χ2v) is 4.16. The Morgan fingerprint density at radius 1 is 1.42 bits per heavy atom. The second kappa shape index (κ2) is 5.64. The Morgan fingerprint density at radius 3 is 2.58 bits per heavy atom. The summed E-state index contributed by atoms with van der Waals surface area (Å²) < 4.78 is 0. The summed E-state index contributed by atoms with van der Waals surface area (Å²) in [4.78, 5) is 0. The monoisotopic (exact) mass is 186 g/mol. The van der Waals surface area contributed by atoms with Gasteiger partial charge in [-0.3, -0.25) is 0 Å². The van der Waals surface area contributed by atoms with Gasteiger partial charge in [-0.15, -0.1) is 11.6 Å². The largest absolute Gasteiger partial charge is 0.126 e. The van der Waals surface area contributed by atoms with Crippen LogP contribution in [0.4, 0.5) is 0 Å². The Hall–Kier alpha value is 0.0300. The molecule has 0 bridgehead atoms. The highest BCUT2D eigenvalue weighted by Crippen LogP contribution is 2.27. The van der Waals surface area contributed by atoms with Gasteiger partial charge in [0.15, 0.2) is 0 Å². The lowest BCUT2D eigenvalue weighted by atomic mass is 9.91. The molecule has 1 aliphatic carbocycles. The Balaban J connectivity index is 2.17. The van der Waals surface area contributed by atoms with E-state index in [2.05, 4.69) is 19.1 Å². The second-order valence-electron chi connectivity index (χ2n) is 3.85. The molecule has 0 saturated carbocycles. The van der Waals surface area contributed by atoms with E-state index in [1.54, 1.807) is 0 Å². The zero-order valence-electron chi connectivity index (χ0n) is 7.93. The van der Waals surface area contributed by atoms with Gasteiger partial charge in [-0.1, -0.05) is 25.5 Å². The molecule has 0 aromatic heterocycles. The van der Waals surface area contributed by atoms with Crippen LogP contribution in [-0.2, 0) is 0 Å².